The fourth-order valence-corrected chi connectivity index (χ4v) is 2.73. The molecule has 0 saturated carbocycles. The van der Waals surface area contributed by atoms with Crippen LogP contribution in [0.4, 0.5) is 11.4 Å². The van der Waals surface area contributed by atoms with E-state index in [1.54, 1.807) is 0 Å². The number of anilines is 2. The second kappa shape index (κ2) is 8.39. The fourth-order valence-electron chi connectivity index (χ4n) is 2.73. The van der Waals surface area contributed by atoms with Gasteiger partial charge in [-0.25, -0.2) is 0 Å². The van der Waals surface area contributed by atoms with Crippen LogP contribution in [0.3, 0.4) is 0 Å². The lowest BCUT2D eigenvalue weighted by atomic mass is 10.1. The quantitative estimate of drug-likeness (QED) is 0.784. The molecule has 0 aliphatic rings. The Hall–Kier alpha value is -2.49. The van der Waals surface area contributed by atoms with Crippen LogP contribution in [0.1, 0.15) is 31.4 Å². The van der Waals surface area contributed by atoms with Gasteiger partial charge in [0, 0.05) is 18.7 Å². The number of nitrogens with zero attached hydrogens (tertiary/aromatic N) is 1. The molecule has 2 rings (SSSR count). The Kier molecular flexibility index (Phi) is 6.24. The van der Waals surface area contributed by atoms with Crippen molar-refractivity contribution in [3.8, 4) is 5.75 Å². The van der Waals surface area contributed by atoms with Gasteiger partial charge >= 0.3 is 0 Å². The summed E-state index contributed by atoms with van der Waals surface area (Å²) in [6.45, 7) is 7.20. The van der Waals surface area contributed by atoms with Gasteiger partial charge in [-0.1, -0.05) is 18.2 Å². The number of carbonyl (C=O) groups is 1. The van der Waals surface area contributed by atoms with Gasteiger partial charge in [0.25, 0.3) is 0 Å². The van der Waals surface area contributed by atoms with Gasteiger partial charge in [0.15, 0.2) is 0 Å². The summed E-state index contributed by atoms with van der Waals surface area (Å²) in [6.07, 6.45) is 1.12. The highest BCUT2D eigenvalue weighted by molar-refractivity contribution is 5.93. The maximum atomic E-state index is 12.6. The SMILES string of the molecule is CCOc1ccc(CCC(=O)N(CC)c2cccc(C)c2)cc1N. The van der Waals surface area contributed by atoms with E-state index in [4.69, 9.17) is 10.5 Å². The van der Waals surface area contributed by atoms with Gasteiger partial charge in [-0.2, -0.15) is 0 Å². The first-order valence-corrected chi connectivity index (χ1v) is 8.43. The molecule has 0 saturated heterocycles. The summed E-state index contributed by atoms with van der Waals surface area (Å²) in [5.74, 6) is 0.818. The Labute approximate surface area is 144 Å². The first-order chi connectivity index (χ1) is 11.5. The number of amides is 1. The Morgan fingerprint density at radius 1 is 1.17 bits per heavy atom. The summed E-state index contributed by atoms with van der Waals surface area (Å²) in [5, 5.41) is 0. The van der Waals surface area contributed by atoms with Crippen molar-refractivity contribution in [2.24, 2.45) is 0 Å². The maximum absolute atomic E-state index is 12.6. The maximum Gasteiger partial charge on any atom is 0.227 e. The number of hydrogen-bond acceptors (Lipinski definition) is 3. The molecule has 4 heteroatoms. The monoisotopic (exact) mass is 326 g/mol. The van der Waals surface area contributed by atoms with Crippen molar-refractivity contribution in [3.05, 3.63) is 53.6 Å². The first kappa shape index (κ1) is 17.9. The number of aryl methyl sites for hydroxylation is 2. The van der Waals surface area contributed by atoms with E-state index in [1.165, 1.54) is 0 Å². The molecule has 0 aliphatic carbocycles. The van der Waals surface area contributed by atoms with Crippen LogP contribution in [0.5, 0.6) is 5.75 Å². The lowest BCUT2D eigenvalue weighted by molar-refractivity contribution is -0.118. The van der Waals surface area contributed by atoms with Crippen molar-refractivity contribution in [3.63, 3.8) is 0 Å². The normalized spacial score (nSPS) is 10.5. The molecule has 128 valence electrons. The molecule has 0 aromatic heterocycles. The smallest absolute Gasteiger partial charge is 0.227 e. The van der Waals surface area contributed by atoms with Gasteiger partial charge in [-0.15, -0.1) is 0 Å². The van der Waals surface area contributed by atoms with Crippen molar-refractivity contribution in [2.75, 3.05) is 23.8 Å². The Morgan fingerprint density at radius 3 is 2.58 bits per heavy atom. The molecule has 0 unspecified atom stereocenters. The van der Waals surface area contributed by atoms with E-state index in [1.807, 2.05) is 68.1 Å². The number of ether oxygens (including phenoxy) is 1. The van der Waals surface area contributed by atoms with E-state index in [-0.39, 0.29) is 5.91 Å². The molecule has 2 aromatic carbocycles. The zero-order valence-corrected chi connectivity index (χ0v) is 14.7. The number of benzene rings is 2. The number of rotatable bonds is 7. The van der Waals surface area contributed by atoms with E-state index in [0.717, 1.165) is 16.8 Å². The molecule has 24 heavy (non-hydrogen) atoms. The predicted molar refractivity (Wildman–Crippen MR) is 99.6 cm³/mol. The van der Waals surface area contributed by atoms with Gasteiger partial charge in [-0.3, -0.25) is 4.79 Å². The van der Waals surface area contributed by atoms with E-state index in [0.29, 0.717) is 37.4 Å². The largest absolute Gasteiger partial charge is 0.492 e. The number of hydrogen-bond donors (Lipinski definition) is 1. The second-order valence-corrected chi connectivity index (χ2v) is 5.78. The molecular formula is C20H26N2O2. The molecule has 1 amide bonds. The summed E-state index contributed by atoms with van der Waals surface area (Å²) in [6, 6.07) is 13.8. The minimum absolute atomic E-state index is 0.121. The lowest BCUT2D eigenvalue weighted by Crippen LogP contribution is -2.30. The number of nitrogens with two attached hydrogens (primary N) is 1. The average molecular weight is 326 g/mol. The van der Waals surface area contributed by atoms with E-state index in [9.17, 15) is 4.79 Å². The summed E-state index contributed by atoms with van der Waals surface area (Å²) in [4.78, 5) is 14.4. The molecular weight excluding hydrogens is 300 g/mol. The van der Waals surface area contributed by atoms with Crippen molar-refractivity contribution < 1.29 is 9.53 Å². The molecule has 2 aromatic rings. The van der Waals surface area contributed by atoms with Crippen LogP contribution in [0.2, 0.25) is 0 Å². The highest BCUT2D eigenvalue weighted by Crippen LogP contribution is 2.23. The van der Waals surface area contributed by atoms with Gasteiger partial charge in [-0.05, 0) is 62.6 Å². The van der Waals surface area contributed by atoms with Gasteiger partial charge in [0.1, 0.15) is 5.75 Å². The molecule has 0 spiro atoms. The summed E-state index contributed by atoms with van der Waals surface area (Å²) in [7, 11) is 0. The van der Waals surface area contributed by atoms with Crippen LogP contribution in [-0.2, 0) is 11.2 Å². The van der Waals surface area contributed by atoms with Gasteiger partial charge in [0.05, 0.1) is 12.3 Å². The molecule has 0 aliphatic heterocycles. The van der Waals surface area contributed by atoms with E-state index in [2.05, 4.69) is 0 Å². The Balaban J connectivity index is 2.02. The summed E-state index contributed by atoms with van der Waals surface area (Å²) >= 11 is 0. The number of carbonyl (C=O) groups excluding carboxylic acids is 1. The number of nitrogen functional groups attached to an aromatic ring is 1. The Bertz CT molecular complexity index is 698. The standard InChI is InChI=1S/C20H26N2O2/c1-4-22(17-8-6-7-15(3)13-17)20(23)12-10-16-9-11-19(24-5-2)18(21)14-16/h6-9,11,13-14H,4-5,10,12,21H2,1-3H3. The zero-order valence-electron chi connectivity index (χ0n) is 14.7. The van der Waals surface area contributed by atoms with Crippen LogP contribution in [-0.4, -0.2) is 19.1 Å². The van der Waals surface area contributed by atoms with E-state index < -0.39 is 0 Å². The lowest BCUT2D eigenvalue weighted by Gasteiger charge is -2.21. The highest BCUT2D eigenvalue weighted by Gasteiger charge is 2.14. The third kappa shape index (κ3) is 4.51. The summed E-state index contributed by atoms with van der Waals surface area (Å²) < 4.78 is 5.44. The molecule has 0 bridgehead atoms. The van der Waals surface area contributed by atoms with Crippen LogP contribution < -0.4 is 15.4 Å². The topological polar surface area (TPSA) is 55.6 Å². The van der Waals surface area contributed by atoms with Crippen molar-refractivity contribution in [1.29, 1.82) is 0 Å². The third-order valence-corrected chi connectivity index (χ3v) is 3.93. The van der Waals surface area contributed by atoms with Crippen LogP contribution in [0.25, 0.3) is 0 Å². The third-order valence-electron chi connectivity index (χ3n) is 3.93. The molecule has 0 fully saturated rings. The van der Waals surface area contributed by atoms with Gasteiger partial charge < -0.3 is 15.4 Å². The average Bonchev–Trinajstić information content (AvgIpc) is 2.56. The van der Waals surface area contributed by atoms with Crippen LogP contribution >= 0.6 is 0 Å². The van der Waals surface area contributed by atoms with Crippen molar-refractivity contribution in [1.82, 2.24) is 0 Å². The molecule has 0 atom stereocenters. The molecule has 0 heterocycles. The summed E-state index contributed by atoms with van der Waals surface area (Å²) in [5.41, 5.74) is 9.75. The fraction of sp³-hybridized carbons (Fsp3) is 0.350. The molecule has 4 nitrogen and oxygen atoms in total. The molecule has 0 radical (unpaired) electrons. The highest BCUT2D eigenvalue weighted by atomic mass is 16.5. The predicted octanol–water partition coefficient (Wildman–Crippen LogP) is 3.96. The Morgan fingerprint density at radius 2 is 1.96 bits per heavy atom. The minimum atomic E-state index is 0.121. The first-order valence-electron chi connectivity index (χ1n) is 8.43. The van der Waals surface area contributed by atoms with Crippen LogP contribution in [0, 0.1) is 6.92 Å². The molecule has 2 N–H and O–H groups in total. The minimum Gasteiger partial charge on any atom is -0.492 e. The van der Waals surface area contributed by atoms with E-state index >= 15 is 0 Å². The zero-order chi connectivity index (χ0) is 17.5. The van der Waals surface area contributed by atoms with Crippen molar-refractivity contribution in [2.45, 2.75) is 33.6 Å². The van der Waals surface area contributed by atoms with Crippen molar-refractivity contribution >= 4 is 17.3 Å². The van der Waals surface area contributed by atoms with Crippen LogP contribution in [0.15, 0.2) is 42.5 Å². The second-order valence-electron chi connectivity index (χ2n) is 5.78. The van der Waals surface area contributed by atoms with Gasteiger partial charge in [0.2, 0.25) is 5.91 Å².